The first-order chi connectivity index (χ1) is 11.2. The lowest BCUT2D eigenvalue weighted by atomic mass is 10.1. The van der Waals surface area contributed by atoms with E-state index in [9.17, 15) is 22.8 Å². The molecule has 0 saturated carbocycles. The molecule has 0 bridgehead atoms. The molecule has 0 saturated heterocycles. The Morgan fingerprint density at radius 1 is 0.875 bits per heavy atom. The molecule has 0 N–H and O–H groups in total. The maximum Gasteiger partial charge on any atom is 0.296 e. The number of carbonyl (C=O) groups excluding carboxylic acids is 3. The Morgan fingerprint density at radius 3 is 1.92 bits per heavy atom. The number of hydrogen-bond acceptors (Lipinski definition) is 6. The van der Waals surface area contributed by atoms with Crippen LogP contribution in [-0.4, -0.2) is 32.4 Å². The van der Waals surface area contributed by atoms with Crippen LogP contribution in [0.25, 0.3) is 0 Å². The molecule has 0 amide bonds. The second-order valence-corrected chi connectivity index (χ2v) is 7.23. The predicted molar refractivity (Wildman–Crippen MR) is 88.1 cm³/mol. The maximum atomic E-state index is 11.9. The van der Waals surface area contributed by atoms with Crippen LogP contribution in [0, 0.1) is 6.92 Å². The lowest BCUT2D eigenvalue weighted by molar-refractivity contribution is -0.125. The summed E-state index contributed by atoms with van der Waals surface area (Å²) < 4.78 is 28.7. The van der Waals surface area contributed by atoms with Crippen molar-refractivity contribution in [2.75, 3.05) is 6.61 Å². The quantitative estimate of drug-likeness (QED) is 0.566. The molecule has 0 aliphatic rings. The fourth-order valence-corrected chi connectivity index (χ4v) is 2.79. The highest BCUT2D eigenvalue weighted by Crippen LogP contribution is 2.13. The lowest BCUT2D eigenvalue weighted by Gasteiger charge is -2.06. The first-order valence-corrected chi connectivity index (χ1v) is 9.10. The predicted octanol–water partition coefficient (Wildman–Crippen LogP) is 2.38. The molecule has 0 atom stereocenters. The third-order valence-corrected chi connectivity index (χ3v) is 4.69. The van der Waals surface area contributed by atoms with E-state index in [0.29, 0.717) is 0 Å². The van der Waals surface area contributed by atoms with Gasteiger partial charge in [0.15, 0.2) is 0 Å². The first kappa shape index (κ1) is 20.2. The Labute approximate surface area is 142 Å². The number of carbonyl (C=O) groups is 3. The molecule has 1 rings (SSSR count). The number of aryl methyl sites for hydroxylation is 1. The van der Waals surface area contributed by atoms with Crippen LogP contribution < -0.4 is 0 Å². The normalized spacial score (nSPS) is 11.2. The summed E-state index contributed by atoms with van der Waals surface area (Å²) in [5.41, 5.74) is 0.929. The molecule has 0 aliphatic heterocycles. The number of hydrogen-bond donors (Lipinski definition) is 0. The van der Waals surface area contributed by atoms with E-state index < -0.39 is 10.1 Å². The molecule has 0 fully saturated rings. The highest BCUT2D eigenvalue weighted by molar-refractivity contribution is 7.86. The first-order valence-electron chi connectivity index (χ1n) is 7.69. The Morgan fingerprint density at radius 2 is 1.38 bits per heavy atom. The molecule has 1 aromatic rings. The van der Waals surface area contributed by atoms with E-state index in [1.165, 1.54) is 19.1 Å². The van der Waals surface area contributed by atoms with Gasteiger partial charge in [-0.15, -0.1) is 0 Å². The summed E-state index contributed by atoms with van der Waals surface area (Å²) in [6, 6.07) is 6.21. The molecular formula is C17H22O6S. The van der Waals surface area contributed by atoms with Crippen molar-refractivity contribution in [1.29, 1.82) is 0 Å². The van der Waals surface area contributed by atoms with Gasteiger partial charge < -0.3 is 4.79 Å². The molecule has 1 aromatic carbocycles. The van der Waals surface area contributed by atoms with Crippen molar-refractivity contribution in [3.05, 3.63) is 29.8 Å². The maximum absolute atomic E-state index is 11.9. The Bertz CT molecular complexity index is 688. The van der Waals surface area contributed by atoms with Crippen molar-refractivity contribution in [3.8, 4) is 0 Å². The molecule has 0 aliphatic carbocycles. The van der Waals surface area contributed by atoms with Gasteiger partial charge in [-0.25, -0.2) is 0 Å². The van der Waals surface area contributed by atoms with Crippen LogP contribution in [0.3, 0.4) is 0 Å². The number of Topliss-reactive ketones (excluding diaryl/α,β-unsaturated/α-hetero) is 3. The fraction of sp³-hybridized carbons (Fsp3) is 0.471. The van der Waals surface area contributed by atoms with Crippen LogP contribution in [0.2, 0.25) is 0 Å². The average molecular weight is 354 g/mol. The van der Waals surface area contributed by atoms with Gasteiger partial charge in [0.2, 0.25) is 0 Å². The molecule has 0 unspecified atom stereocenters. The second kappa shape index (κ2) is 9.44. The van der Waals surface area contributed by atoms with Crippen molar-refractivity contribution in [1.82, 2.24) is 0 Å². The average Bonchev–Trinajstić information content (AvgIpc) is 2.51. The van der Waals surface area contributed by atoms with Gasteiger partial charge in [-0.2, -0.15) is 8.42 Å². The highest BCUT2D eigenvalue weighted by atomic mass is 32.2. The van der Waals surface area contributed by atoms with Crippen LogP contribution in [0.1, 0.15) is 44.6 Å². The van der Waals surface area contributed by atoms with Gasteiger partial charge >= 0.3 is 0 Å². The summed E-state index contributed by atoms with van der Waals surface area (Å²) >= 11 is 0. The SMILES string of the molecule is CC(=O)CCC(=O)CCC(=O)CCOS(=O)(=O)c1ccc(C)cc1. The smallest absolute Gasteiger partial charge is 0.296 e. The Kier molecular flexibility index (Phi) is 7.94. The zero-order chi connectivity index (χ0) is 18.2. The Balaban J connectivity index is 2.33. The summed E-state index contributed by atoms with van der Waals surface area (Å²) in [5.74, 6) is -0.457. The number of rotatable bonds is 11. The van der Waals surface area contributed by atoms with Crippen LogP contribution in [0.15, 0.2) is 29.2 Å². The molecule has 0 radical (unpaired) electrons. The van der Waals surface area contributed by atoms with E-state index in [0.717, 1.165) is 5.56 Å². The van der Waals surface area contributed by atoms with Crippen molar-refractivity contribution in [2.24, 2.45) is 0 Å². The highest BCUT2D eigenvalue weighted by Gasteiger charge is 2.16. The van der Waals surface area contributed by atoms with Gasteiger partial charge in [0.05, 0.1) is 11.5 Å². The molecule has 0 heterocycles. The number of ketones is 3. The minimum absolute atomic E-state index is 0.0324. The molecule has 24 heavy (non-hydrogen) atoms. The van der Waals surface area contributed by atoms with E-state index in [1.54, 1.807) is 12.1 Å². The Hall–Kier alpha value is -1.86. The zero-order valence-electron chi connectivity index (χ0n) is 13.9. The molecule has 0 aromatic heterocycles. The van der Waals surface area contributed by atoms with Gasteiger partial charge in [0, 0.05) is 32.1 Å². The van der Waals surface area contributed by atoms with Crippen molar-refractivity contribution in [3.63, 3.8) is 0 Å². The summed E-state index contributed by atoms with van der Waals surface area (Å²) in [6.45, 7) is 2.99. The third kappa shape index (κ3) is 7.61. The monoisotopic (exact) mass is 354 g/mol. The van der Waals surface area contributed by atoms with Gasteiger partial charge in [-0.05, 0) is 26.0 Å². The summed E-state index contributed by atoms with van der Waals surface area (Å²) in [5, 5.41) is 0. The minimum atomic E-state index is -3.88. The van der Waals surface area contributed by atoms with Gasteiger partial charge in [-0.1, -0.05) is 17.7 Å². The minimum Gasteiger partial charge on any atom is -0.300 e. The standard InChI is InChI=1S/C17H22O6S/c1-13-3-9-17(10-4-13)24(21,22)23-12-11-16(20)8-7-15(19)6-5-14(2)18/h3-4,9-10H,5-8,11-12H2,1-2H3. The molecule has 132 valence electrons. The molecular weight excluding hydrogens is 332 g/mol. The summed E-state index contributed by atoms with van der Waals surface area (Å²) in [7, 11) is -3.88. The zero-order valence-corrected chi connectivity index (χ0v) is 14.7. The van der Waals surface area contributed by atoms with Crippen LogP contribution >= 0.6 is 0 Å². The van der Waals surface area contributed by atoms with E-state index in [-0.39, 0.29) is 61.0 Å². The van der Waals surface area contributed by atoms with Crippen LogP contribution in [-0.2, 0) is 28.7 Å². The fourth-order valence-electron chi connectivity index (χ4n) is 1.88. The van der Waals surface area contributed by atoms with E-state index >= 15 is 0 Å². The van der Waals surface area contributed by atoms with Gasteiger partial charge in [0.1, 0.15) is 17.3 Å². The van der Waals surface area contributed by atoms with Crippen LogP contribution in [0.4, 0.5) is 0 Å². The van der Waals surface area contributed by atoms with E-state index in [4.69, 9.17) is 4.18 Å². The lowest BCUT2D eigenvalue weighted by Crippen LogP contribution is -2.12. The molecule has 0 spiro atoms. The van der Waals surface area contributed by atoms with Crippen molar-refractivity contribution < 1.29 is 27.0 Å². The second-order valence-electron chi connectivity index (χ2n) is 5.62. The summed E-state index contributed by atoms with van der Waals surface area (Å²) in [6.07, 6.45) is 0.346. The topological polar surface area (TPSA) is 94.6 Å². The molecule has 7 heteroatoms. The van der Waals surface area contributed by atoms with Gasteiger partial charge in [-0.3, -0.25) is 13.8 Å². The van der Waals surface area contributed by atoms with Crippen molar-refractivity contribution in [2.45, 2.75) is 50.8 Å². The third-order valence-electron chi connectivity index (χ3n) is 3.37. The largest absolute Gasteiger partial charge is 0.300 e. The van der Waals surface area contributed by atoms with Gasteiger partial charge in [0.25, 0.3) is 10.1 Å². The summed E-state index contributed by atoms with van der Waals surface area (Å²) in [4.78, 5) is 33.9. The van der Waals surface area contributed by atoms with Crippen molar-refractivity contribution >= 4 is 27.5 Å². The van der Waals surface area contributed by atoms with E-state index in [1.807, 2.05) is 6.92 Å². The van der Waals surface area contributed by atoms with Crippen LogP contribution in [0.5, 0.6) is 0 Å². The number of benzene rings is 1. The molecule has 6 nitrogen and oxygen atoms in total. The van der Waals surface area contributed by atoms with E-state index in [2.05, 4.69) is 0 Å².